The zero-order chi connectivity index (χ0) is 20.3. The van der Waals surface area contributed by atoms with E-state index in [1.165, 1.54) is 35.0 Å². The monoisotopic (exact) mass is 343 g/mol. The molecule has 25 heavy (non-hydrogen) atoms. The summed E-state index contributed by atoms with van der Waals surface area (Å²) in [4.78, 5) is 16.5. The van der Waals surface area contributed by atoms with Gasteiger partial charge in [-0.05, 0) is 24.3 Å². The first-order valence-electron chi connectivity index (χ1n) is 8.96. The Kier molecular flexibility index (Phi) is 2.56. The fourth-order valence-corrected chi connectivity index (χ4v) is 2.74. The molecule has 0 spiro atoms. The number of aromatic nitrogens is 4. The van der Waals surface area contributed by atoms with Gasteiger partial charge in [-0.1, -0.05) is 12.1 Å². The van der Waals surface area contributed by atoms with Crippen LogP contribution >= 0.6 is 0 Å². The number of aryl methyl sites for hydroxylation is 1. The summed E-state index contributed by atoms with van der Waals surface area (Å²) in [6.07, 6.45) is 1.24. The van der Waals surface area contributed by atoms with Crippen LogP contribution in [0, 0.1) is 0 Å². The number of rotatable bonds is 2. The quantitative estimate of drug-likeness (QED) is 0.561. The molecule has 0 aliphatic rings. The van der Waals surface area contributed by atoms with Crippen LogP contribution in [0.25, 0.3) is 27.8 Å². The predicted molar refractivity (Wildman–Crippen MR) is 90.7 cm³/mol. The molecule has 0 amide bonds. The first-order valence-corrected chi connectivity index (χ1v) is 7.46. The number of nitrogens with zero attached hydrogens (tertiary/aromatic N) is 4. The van der Waals surface area contributed by atoms with Gasteiger partial charge < -0.3 is 0 Å². The fraction of sp³-hybridized carbons (Fsp3) is 0.167. The number of benzene rings is 1. The summed E-state index contributed by atoms with van der Waals surface area (Å²) in [7, 11) is 0. The van der Waals surface area contributed by atoms with Crippen LogP contribution in [0.5, 0.6) is 0 Å². The van der Waals surface area contributed by atoms with Crippen LogP contribution in [0.2, 0.25) is 0 Å². The molecular formula is C18H14F2N4O. The van der Waals surface area contributed by atoms with Gasteiger partial charge in [0.25, 0.3) is 11.5 Å². The van der Waals surface area contributed by atoms with E-state index in [2.05, 4.69) is 10.1 Å². The Bertz CT molecular complexity index is 1270. The third kappa shape index (κ3) is 2.39. The minimum Gasteiger partial charge on any atom is -0.296 e. The van der Waals surface area contributed by atoms with Gasteiger partial charge >= 0.3 is 0 Å². The SMILES string of the molecule is [2H]C([2H])([2H])n1c(=O)c2ccccc2n2nc(-c3ccnc(C(C)(F)F)c3)cc12. The van der Waals surface area contributed by atoms with Crippen LogP contribution in [0.4, 0.5) is 8.78 Å². The van der Waals surface area contributed by atoms with Crippen molar-refractivity contribution in [1.82, 2.24) is 19.2 Å². The van der Waals surface area contributed by atoms with Gasteiger partial charge in [0.15, 0.2) is 0 Å². The maximum absolute atomic E-state index is 13.6. The van der Waals surface area contributed by atoms with Crippen molar-refractivity contribution in [3.05, 3.63) is 64.7 Å². The molecule has 0 saturated carbocycles. The van der Waals surface area contributed by atoms with E-state index >= 15 is 0 Å². The Labute approximate surface area is 145 Å². The topological polar surface area (TPSA) is 52.2 Å². The summed E-state index contributed by atoms with van der Waals surface area (Å²) in [6.45, 7) is -2.00. The maximum Gasteiger partial charge on any atom is 0.286 e. The largest absolute Gasteiger partial charge is 0.296 e. The highest BCUT2D eigenvalue weighted by atomic mass is 19.3. The van der Waals surface area contributed by atoms with Crippen molar-refractivity contribution < 1.29 is 12.9 Å². The summed E-state index contributed by atoms with van der Waals surface area (Å²) < 4.78 is 52.5. The van der Waals surface area contributed by atoms with E-state index in [1.807, 2.05) is 0 Å². The molecule has 0 fully saturated rings. The van der Waals surface area contributed by atoms with Crippen LogP contribution < -0.4 is 5.56 Å². The lowest BCUT2D eigenvalue weighted by molar-refractivity contribution is 0.0128. The summed E-state index contributed by atoms with van der Waals surface area (Å²) in [6, 6.07) is 10.6. The Hall–Kier alpha value is -3.09. The van der Waals surface area contributed by atoms with E-state index in [0.717, 1.165) is 6.92 Å². The zero-order valence-corrected chi connectivity index (χ0v) is 13.1. The van der Waals surface area contributed by atoms with Crippen molar-refractivity contribution in [2.45, 2.75) is 12.8 Å². The van der Waals surface area contributed by atoms with Crippen molar-refractivity contribution >= 4 is 16.6 Å². The molecule has 0 saturated heterocycles. The second-order valence-electron chi connectivity index (χ2n) is 5.78. The highest BCUT2D eigenvalue weighted by Gasteiger charge is 2.26. The van der Waals surface area contributed by atoms with Crippen molar-refractivity contribution in [3.8, 4) is 11.3 Å². The summed E-state index contributed by atoms with van der Waals surface area (Å²) in [5.74, 6) is -3.14. The third-order valence-electron chi connectivity index (χ3n) is 3.99. The molecule has 5 nitrogen and oxygen atoms in total. The van der Waals surface area contributed by atoms with Gasteiger partial charge in [0.1, 0.15) is 11.3 Å². The molecule has 7 heteroatoms. The molecule has 4 rings (SSSR count). The molecule has 0 unspecified atom stereocenters. The molecule has 0 aliphatic heterocycles. The van der Waals surface area contributed by atoms with E-state index in [0.29, 0.717) is 15.6 Å². The molecular weight excluding hydrogens is 326 g/mol. The number of pyridine rings is 1. The number of hydrogen-bond donors (Lipinski definition) is 0. The molecule has 1 aromatic carbocycles. The van der Waals surface area contributed by atoms with E-state index < -0.39 is 24.2 Å². The fourth-order valence-electron chi connectivity index (χ4n) is 2.74. The molecule has 0 N–H and O–H groups in total. The highest BCUT2D eigenvalue weighted by molar-refractivity contribution is 5.81. The summed E-state index contributed by atoms with van der Waals surface area (Å²) in [5.41, 5.74) is -0.0552. The number of fused-ring (bicyclic) bond motifs is 3. The van der Waals surface area contributed by atoms with E-state index in [9.17, 15) is 13.6 Å². The molecule has 4 aromatic rings. The minimum absolute atomic E-state index is 0.0420. The predicted octanol–water partition coefficient (Wildman–Crippen LogP) is 3.36. The van der Waals surface area contributed by atoms with Gasteiger partial charge in [0.05, 0.1) is 16.6 Å². The molecule has 0 atom stereocenters. The third-order valence-corrected chi connectivity index (χ3v) is 3.99. The number of para-hydroxylation sites is 1. The molecule has 3 heterocycles. The second-order valence-corrected chi connectivity index (χ2v) is 5.78. The molecule has 126 valence electrons. The molecule has 3 aromatic heterocycles. The van der Waals surface area contributed by atoms with Gasteiger partial charge in [-0.15, -0.1) is 0 Å². The Morgan fingerprint density at radius 1 is 1.20 bits per heavy atom. The number of alkyl halides is 2. The average molecular weight is 343 g/mol. The van der Waals surface area contributed by atoms with Gasteiger partial charge in [-0.25, -0.2) is 4.52 Å². The zero-order valence-electron chi connectivity index (χ0n) is 16.1. The number of halogens is 2. The molecule has 0 aliphatic carbocycles. The Morgan fingerprint density at radius 2 is 2.00 bits per heavy atom. The lowest BCUT2D eigenvalue weighted by Gasteiger charge is -2.09. The van der Waals surface area contributed by atoms with Crippen molar-refractivity contribution in [3.63, 3.8) is 0 Å². The van der Waals surface area contributed by atoms with Crippen LogP contribution in [-0.4, -0.2) is 19.2 Å². The standard InChI is InChI=1S/C18H14F2N4O/c1-18(19,20)15-9-11(7-8-21-15)13-10-16-23(2)17(25)12-5-3-4-6-14(12)24(16)22-13/h3-10H,1-2H3/i2D3. The van der Waals surface area contributed by atoms with Gasteiger partial charge in [0, 0.05) is 35.8 Å². The van der Waals surface area contributed by atoms with Crippen LogP contribution in [0.15, 0.2) is 53.5 Å². The van der Waals surface area contributed by atoms with Gasteiger partial charge in [-0.3, -0.25) is 14.3 Å². The normalized spacial score (nSPS) is 14.4. The van der Waals surface area contributed by atoms with Crippen LogP contribution in [0.1, 0.15) is 16.7 Å². The first kappa shape index (κ1) is 12.3. The summed E-state index contributed by atoms with van der Waals surface area (Å²) in [5, 5.41) is 4.57. The highest BCUT2D eigenvalue weighted by Crippen LogP contribution is 2.29. The smallest absolute Gasteiger partial charge is 0.286 e. The molecule has 0 bridgehead atoms. The van der Waals surface area contributed by atoms with E-state index in [4.69, 9.17) is 4.11 Å². The Morgan fingerprint density at radius 3 is 2.76 bits per heavy atom. The van der Waals surface area contributed by atoms with Gasteiger partial charge in [0.2, 0.25) is 0 Å². The van der Waals surface area contributed by atoms with Crippen molar-refractivity contribution in [1.29, 1.82) is 0 Å². The second kappa shape index (κ2) is 5.20. The summed E-state index contributed by atoms with van der Waals surface area (Å²) >= 11 is 0. The molecule has 0 radical (unpaired) electrons. The van der Waals surface area contributed by atoms with Crippen LogP contribution in [0.3, 0.4) is 0 Å². The lowest BCUT2D eigenvalue weighted by Crippen LogP contribution is -2.19. The maximum atomic E-state index is 13.6. The minimum atomic E-state index is -3.14. The van der Waals surface area contributed by atoms with Gasteiger partial charge in [-0.2, -0.15) is 13.9 Å². The van der Waals surface area contributed by atoms with Crippen molar-refractivity contribution in [2.75, 3.05) is 0 Å². The Balaban J connectivity index is 2.07. The number of hydrogen-bond acceptors (Lipinski definition) is 3. The first-order chi connectivity index (χ1) is 13.1. The average Bonchev–Trinajstić information content (AvgIpc) is 3.05. The lowest BCUT2D eigenvalue weighted by atomic mass is 10.1. The van der Waals surface area contributed by atoms with Crippen molar-refractivity contribution in [2.24, 2.45) is 6.98 Å². The van der Waals surface area contributed by atoms with Crippen LogP contribution in [-0.2, 0) is 12.9 Å². The van der Waals surface area contributed by atoms with E-state index in [1.54, 1.807) is 18.2 Å². The van der Waals surface area contributed by atoms with E-state index in [-0.39, 0.29) is 16.7 Å².